The average Bonchev–Trinajstić information content (AvgIpc) is 2.38. The third-order valence-corrected chi connectivity index (χ3v) is 3.27. The van der Waals surface area contributed by atoms with Crippen molar-refractivity contribution < 1.29 is 24.4 Å². The molecular formula is C9H15BO5. The van der Waals surface area contributed by atoms with E-state index >= 15 is 0 Å². The number of aliphatic hydroxyl groups is 2. The lowest BCUT2D eigenvalue weighted by molar-refractivity contribution is -0.418. The van der Waals surface area contributed by atoms with E-state index in [1.165, 1.54) is 0 Å². The van der Waals surface area contributed by atoms with E-state index in [0.717, 1.165) is 0 Å². The first-order chi connectivity index (χ1) is 7.00. The lowest BCUT2D eigenvalue weighted by Crippen LogP contribution is -2.58. The second kappa shape index (κ2) is 3.71. The summed E-state index contributed by atoms with van der Waals surface area (Å²) in [5.74, 6) is 0. The summed E-state index contributed by atoms with van der Waals surface area (Å²) in [4.78, 5) is 0. The van der Waals surface area contributed by atoms with Crippen molar-refractivity contribution in [3.8, 4) is 0 Å². The molecule has 2 radical (unpaired) electrons. The molecule has 2 N–H and O–H groups in total. The molecule has 0 saturated carbocycles. The lowest BCUT2D eigenvalue weighted by Gasteiger charge is -2.46. The third kappa shape index (κ3) is 1.52. The van der Waals surface area contributed by atoms with Gasteiger partial charge in [-0.15, -0.1) is 0 Å². The maximum atomic E-state index is 9.92. The third-order valence-electron chi connectivity index (χ3n) is 3.27. The van der Waals surface area contributed by atoms with Crippen LogP contribution in [0.2, 0.25) is 0 Å². The number of ether oxygens (including phenoxy) is 3. The molecule has 0 aliphatic carbocycles. The van der Waals surface area contributed by atoms with Gasteiger partial charge in [0.25, 0.3) is 0 Å². The van der Waals surface area contributed by atoms with Crippen molar-refractivity contribution in [1.29, 1.82) is 0 Å². The molecule has 2 aliphatic rings. The smallest absolute Gasteiger partial charge is 0.174 e. The van der Waals surface area contributed by atoms with E-state index in [4.69, 9.17) is 27.2 Å². The molecule has 0 aromatic rings. The Bertz CT molecular complexity index is 245. The number of hydrogen-bond acceptors (Lipinski definition) is 5. The number of rotatable bonds is 2. The van der Waals surface area contributed by atoms with Crippen LogP contribution in [0.25, 0.3) is 0 Å². The van der Waals surface area contributed by atoms with Crippen molar-refractivity contribution in [2.75, 3.05) is 6.61 Å². The molecule has 0 aromatic heterocycles. The molecule has 0 amide bonds. The van der Waals surface area contributed by atoms with Gasteiger partial charge in [-0.1, -0.05) is 0 Å². The van der Waals surface area contributed by atoms with Crippen molar-refractivity contribution in [2.24, 2.45) is 5.41 Å². The first-order valence-corrected chi connectivity index (χ1v) is 5.01. The summed E-state index contributed by atoms with van der Waals surface area (Å²) in [5.41, 5.74) is -0.819. The fourth-order valence-electron chi connectivity index (χ4n) is 2.14. The molecule has 0 spiro atoms. The van der Waals surface area contributed by atoms with Gasteiger partial charge in [0.2, 0.25) is 0 Å². The van der Waals surface area contributed by atoms with Crippen molar-refractivity contribution in [3.63, 3.8) is 0 Å². The molecule has 0 bridgehead atoms. The van der Waals surface area contributed by atoms with Crippen LogP contribution >= 0.6 is 0 Å². The van der Waals surface area contributed by atoms with Crippen LogP contribution in [-0.2, 0) is 14.2 Å². The van der Waals surface area contributed by atoms with E-state index in [1.54, 1.807) is 13.8 Å². The Morgan fingerprint density at radius 2 is 1.93 bits per heavy atom. The van der Waals surface area contributed by atoms with Gasteiger partial charge in [-0.3, -0.25) is 0 Å². The number of aliphatic hydroxyl groups excluding tert-OH is 2. The van der Waals surface area contributed by atoms with E-state index in [9.17, 15) is 5.11 Å². The van der Waals surface area contributed by atoms with Crippen LogP contribution in [0, 0.1) is 5.41 Å². The van der Waals surface area contributed by atoms with Gasteiger partial charge in [-0.05, 0) is 13.8 Å². The molecule has 2 unspecified atom stereocenters. The maximum absolute atomic E-state index is 9.92. The molecule has 2 heterocycles. The molecule has 0 aromatic carbocycles. The zero-order valence-electron chi connectivity index (χ0n) is 8.79. The van der Waals surface area contributed by atoms with Crippen LogP contribution in [0.5, 0.6) is 0 Å². The van der Waals surface area contributed by atoms with Gasteiger partial charge in [-0.2, -0.15) is 0 Å². The molecule has 2 fully saturated rings. The van der Waals surface area contributed by atoms with Gasteiger partial charge in [0.1, 0.15) is 7.85 Å². The molecule has 5 nitrogen and oxygen atoms in total. The van der Waals surface area contributed by atoms with E-state index in [1.807, 2.05) is 0 Å². The summed E-state index contributed by atoms with van der Waals surface area (Å²) < 4.78 is 15.9. The first kappa shape index (κ1) is 11.4. The van der Waals surface area contributed by atoms with Crippen LogP contribution in [-0.4, -0.2) is 55.5 Å². The lowest BCUT2D eigenvalue weighted by atomic mass is 9.74. The van der Waals surface area contributed by atoms with E-state index in [-0.39, 0.29) is 12.9 Å². The summed E-state index contributed by atoms with van der Waals surface area (Å²) in [6.45, 7) is 3.27. The predicted molar refractivity (Wildman–Crippen MR) is 51.0 cm³/mol. The molecule has 2 saturated heterocycles. The molecule has 4 atom stereocenters. The summed E-state index contributed by atoms with van der Waals surface area (Å²) in [7, 11) is 5.58. The molecule has 15 heavy (non-hydrogen) atoms. The minimum atomic E-state index is -0.910. The average molecular weight is 214 g/mol. The summed E-state index contributed by atoms with van der Waals surface area (Å²) in [6.07, 6.45) is -2.34. The second-order valence-electron chi connectivity index (χ2n) is 4.25. The SMILES string of the molecule is [B][C@H]1OC(CO)[C@@](C)(C2OC(C)O2)C1O. The Morgan fingerprint density at radius 1 is 1.33 bits per heavy atom. The fourth-order valence-corrected chi connectivity index (χ4v) is 2.14. The highest BCUT2D eigenvalue weighted by Crippen LogP contribution is 2.45. The van der Waals surface area contributed by atoms with E-state index in [0.29, 0.717) is 0 Å². The molecule has 84 valence electrons. The largest absolute Gasteiger partial charge is 0.394 e. The van der Waals surface area contributed by atoms with Crippen molar-refractivity contribution in [3.05, 3.63) is 0 Å². The normalized spacial score (nSPS) is 55.3. The Kier molecular flexibility index (Phi) is 2.81. The Morgan fingerprint density at radius 3 is 2.40 bits per heavy atom. The zero-order valence-corrected chi connectivity index (χ0v) is 8.79. The van der Waals surface area contributed by atoms with Gasteiger partial charge in [0.15, 0.2) is 12.6 Å². The minimum absolute atomic E-state index is 0.223. The van der Waals surface area contributed by atoms with E-state index < -0.39 is 29.9 Å². The van der Waals surface area contributed by atoms with Crippen LogP contribution in [0.4, 0.5) is 0 Å². The highest BCUT2D eigenvalue weighted by atomic mass is 16.9. The van der Waals surface area contributed by atoms with Gasteiger partial charge in [0, 0.05) is 6.00 Å². The van der Waals surface area contributed by atoms with Gasteiger partial charge < -0.3 is 24.4 Å². The monoisotopic (exact) mass is 214 g/mol. The molecule has 6 heteroatoms. The summed E-state index contributed by atoms with van der Waals surface area (Å²) in [5, 5.41) is 19.1. The van der Waals surface area contributed by atoms with Gasteiger partial charge >= 0.3 is 0 Å². The highest BCUT2D eigenvalue weighted by Gasteiger charge is 2.59. The van der Waals surface area contributed by atoms with E-state index in [2.05, 4.69) is 0 Å². The Labute approximate surface area is 89.7 Å². The fraction of sp³-hybridized carbons (Fsp3) is 1.00. The topological polar surface area (TPSA) is 68.2 Å². The van der Waals surface area contributed by atoms with Crippen molar-refractivity contribution >= 4 is 7.85 Å². The highest BCUT2D eigenvalue weighted by molar-refractivity contribution is 6.11. The second-order valence-corrected chi connectivity index (χ2v) is 4.25. The van der Waals surface area contributed by atoms with Gasteiger partial charge in [0.05, 0.1) is 24.2 Å². The van der Waals surface area contributed by atoms with Crippen LogP contribution in [0.1, 0.15) is 13.8 Å². The molecular weight excluding hydrogens is 199 g/mol. The minimum Gasteiger partial charge on any atom is -0.394 e. The Hall–Kier alpha value is -0.135. The quantitative estimate of drug-likeness (QED) is 0.574. The van der Waals surface area contributed by atoms with Gasteiger partial charge in [-0.25, -0.2) is 0 Å². The number of hydrogen-bond donors (Lipinski definition) is 2. The Balaban J connectivity index is 2.15. The maximum Gasteiger partial charge on any atom is 0.174 e. The molecule has 2 rings (SSSR count). The van der Waals surface area contributed by atoms with Crippen LogP contribution < -0.4 is 0 Å². The summed E-state index contributed by atoms with van der Waals surface area (Å²) in [6, 6.07) is -0.810. The predicted octanol–water partition coefficient (Wildman–Crippen LogP) is -1.04. The molecule has 2 aliphatic heterocycles. The van der Waals surface area contributed by atoms with Crippen molar-refractivity contribution in [1.82, 2.24) is 0 Å². The van der Waals surface area contributed by atoms with Crippen LogP contribution in [0.3, 0.4) is 0 Å². The summed E-state index contributed by atoms with van der Waals surface area (Å²) >= 11 is 0. The zero-order chi connectivity index (χ0) is 11.2. The standard InChI is InChI=1S/C9H15BO5/c1-4-13-8(14-4)9(2)5(3-11)15-7(10)6(9)12/h4-8,11-12H,3H2,1-2H3/t4?,5?,6?,7-,8?,9+/m0/s1. The first-order valence-electron chi connectivity index (χ1n) is 5.01. The van der Waals surface area contributed by atoms with Crippen LogP contribution in [0.15, 0.2) is 0 Å². The van der Waals surface area contributed by atoms with Crippen molar-refractivity contribution in [2.45, 2.75) is 44.6 Å².